The molecule has 0 aliphatic rings. The average molecular weight is 512 g/mol. The number of carbonyl (C=O) groups excluding carboxylic acids is 2. The summed E-state index contributed by atoms with van der Waals surface area (Å²) >= 11 is 6.30. The summed E-state index contributed by atoms with van der Waals surface area (Å²) in [6.07, 6.45) is 1.33. The Morgan fingerprint density at radius 1 is 1.09 bits per heavy atom. The van der Waals surface area contributed by atoms with Crippen LogP contribution in [0.3, 0.4) is 0 Å². The maximum absolute atomic E-state index is 13.5. The molecule has 0 aromatic heterocycles. The first-order chi connectivity index (χ1) is 16.1. The van der Waals surface area contributed by atoms with Crippen LogP contribution in [-0.2, 0) is 26.2 Å². The highest BCUT2D eigenvalue weighted by molar-refractivity contribution is 7.92. The number of methoxy groups -OCH3 is 2. The summed E-state index contributed by atoms with van der Waals surface area (Å²) in [5.41, 5.74) is 0.857. The number of carbonyl (C=O) groups is 2. The van der Waals surface area contributed by atoms with Crippen molar-refractivity contribution < 1.29 is 27.5 Å². The van der Waals surface area contributed by atoms with E-state index < -0.39 is 28.5 Å². The molecule has 0 spiro atoms. The van der Waals surface area contributed by atoms with E-state index in [1.165, 1.54) is 38.3 Å². The van der Waals surface area contributed by atoms with Crippen molar-refractivity contribution in [2.24, 2.45) is 0 Å². The van der Waals surface area contributed by atoms with Gasteiger partial charge in [-0.15, -0.1) is 0 Å². The lowest BCUT2D eigenvalue weighted by Gasteiger charge is -2.32. The highest BCUT2D eigenvalue weighted by atomic mass is 35.5. The normalized spacial score (nSPS) is 11.9. The molecule has 186 valence electrons. The summed E-state index contributed by atoms with van der Waals surface area (Å²) in [6, 6.07) is 10.7. The third kappa shape index (κ3) is 6.54. The number of likely N-dealkylation sites (N-methyl/N-ethyl adjacent to an activating group) is 1. The Labute approximate surface area is 205 Å². The molecule has 2 aromatic carbocycles. The van der Waals surface area contributed by atoms with Crippen molar-refractivity contribution in [3.8, 4) is 11.5 Å². The van der Waals surface area contributed by atoms with E-state index in [9.17, 15) is 18.0 Å². The van der Waals surface area contributed by atoms with E-state index in [2.05, 4.69) is 5.32 Å². The van der Waals surface area contributed by atoms with Crippen LogP contribution in [0.25, 0.3) is 0 Å². The van der Waals surface area contributed by atoms with Gasteiger partial charge in [-0.1, -0.05) is 36.7 Å². The number of halogens is 1. The largest absolute Gasteiger partial charge is 0.493 e. The van der Waals surface area contributed by atoms with Crippen molar-refractivity contribution in [1.82, 2.24) is 10.2 Å². The first-order valence-corrected chi connectivity index (χ1v) is 12.7. The van der Waals surface area contributed by atoms with Gasteiger partial charge in [0.15, 0.2) is 11.5 Å². The van der Waals surface area contributed by atoms with Gasteiger partial charge in [0.2, 0.25) is 21.8 Å². The van der Waals surface area contributed by atoms with Crippen LogP contribution in [0.1, 0.15) is 18.9 Å². The number of amides is 2. The summed E-state index contributed by atoms with van der Waals surface area (Å²) in [5.74, 6) is -0.196. The Bertz CT molecular complexity index is 1130. The van der Waals surface area contributed by atoms with E-state index >= 15 is 0 Å². The Kier molecular flexibility index (Phi) is 9.57. The Morgan fingerprint density at radius 2 is 1.74 bits per heavy atom. The van der Waals surface area contributed by atoms with Gasteiger partial charge in [-0.05, 0) is 30.2 Å². The fourth-order valence-electron chi connectivity index (χ4n) is 3.49. The number of hydrogen-bond acceptors (Lipinski definition) is 6. The number of sulfonamides is 1. The molecule has 1 atom stereocenters. The van der Waals surface area contributed by atoms with Gasteiger partial charge in [0, 0.05) is 24.7 Å². The van der Waals surface area contributed by atoms with Crippen LogP contribution in [-0.4, -0.2) is 65.2 Å². The predicted molar refractivity (Wildman–Crippen MR) is 132 cm³/mol. The van der Waals surface area contributed by atoms with Crippen LogP contribution in [0.2, 0.25) is 5.02 Å². The number of hydrogen-bond donors (Lipinski definition) is 1. The molecule has 0 aliphatic heterocycles. The molecule has 0 unspecified atom stereocenters. The van der Waals surface area contributed by atoms with Crippen molar-refractivity contribution in [2.45, 2.75) is 25.9 Å². The van der Waals surface area contributed by atoms with Gasteiger partial charge in [-0.3, -0.25) is 13.9 Å². The second kappa shape index (κ2) is 11.9. The van der Waals surface area contributed by atoms with Gasteiger partial charge in [-0.25, -0.2) is 8.42 Å². The standard InChI is InChI=1S/C23H30ClN3O6S/c1-6-19(23(29)25-2)26(14-16-9-7-8-10-18(16)24)22(28)15-27(34(5,30)31)17-11-12-20(32-3)21(13-17)33-4/h7-13,19H,6,14-15H2,1-5H3,(H,25,29)/t19-/m0/s1. The quantitative estimate of drug-likeness (QED) is 0.497. The van der Waals surface area contributed by atoms with Crippen molar-refractivity contribution in [3.05, 3.63) is 53.1 Å². The Balaban J connectivity index is 2.49. The molecular weight excluding hydrogens is 482 g/mol. The van der Waals surface area contributed by atoms with Crippen molar-refractivity contribution in [3.63, 3.8) is 0 Å². The highest BCUT2D eigenvalue weighted by Crippen LogP contribution is 2.32. The molecule has 2 aromatic rings. The molecular formula is C23H30ClN3O6S. The first kappa shape index (κ1) is 27.3. The SMILES string of the molecule is CC[C@@H](C(=O)NC)N(Cc1ccccc1Cl)C(=O)CN(c1ccc(OC)c(OC)c1)S(C)(=O)=O. The molecule has 0 bridgehead atoms. The van der Waals surface area contributed by atoms with Gasteiger partial charge in [0.05, 0.1) is 26.2 Å². The maximum Gasteiger partial charge on any atom is 0.244 e. The number of nitrogens with zero attached hydrogens (tertiary/aromatic N) is 2. The second-order valence-corrected chi connectivity index (χ2v) is 9.77. The zero-order valence-corrected chi connectivity index (χ0v) is 21.4. The van der Waals surface area contributed by atoms with E-state index in [-0.39, 0.29) is 18.1 Å². The van der Waals surface area contributed by atoms with Crippen molar-refractivity contribution in [2.75, 3.05) is 38.4 Å². The molecule has 34 heavy (non-hydrogen) atoms. The van der Waals surface area contributed by atoms with E-state index in [4.69, 9.17) is 21.1 Å². The fourth-order valence-corrected chi connectivity index (χ4v) is 4.53. The number of ether oxygens (including phenoxy) is 2. The predicted octanol–water partition coefficient (Wildman–Crippen LogP) is 2.68. The van der Waals surface area contributed by atoms with E-state index in [0.717, 1.165) is 10.6 Å². The summed E-state index contributed by atoms with van der Waals surface area (Å²) < 4.78 is 36.8. The lowest BCUT2D eigenvalue weighted by atomic mass is 10.1. The van der Waals surface area contributed by atoms with Crippen molar-refractivity contribution >= 4 is 39.1 Å². The van der Waals surface area contributed by atoms with Crippen LogP contribution in [0.15, 0.2) is 42.5 Å². The molecule has 11 heteroatoms. The smallest absolute Gasteiger partial charge is 0.244 e. The molecule has 2 amide bonds. The molecule has 0 radical (unpaired) electrons. The minimum Gasteiger partial charge on any atom is -0.493 e. The Hall–Kier alpha value is -2.98. The molecule has 0 heterocycles. The molecule has 0 saturated heterocycles. The summed E-state index contributed by atoms with van der Waals surface area (Å²) in [5, 5.41) is 3.00. The highest BCUT2D eigenvalue weighted by Gasteiger charge is 2.32. The third-order valence-electron chi connectivity index (χ3n) is 5.27. The van der Waals surface area contributed by atoms with Crippen LogP contribution >= 0.6 is 11.6 Å². The zero-order chi connectivity index (χ0) is 25.5. The third-order valence-corrected chi connectivity index (χ3v) is 6.77. The van der Waals surface area contributed by atoms with E-state index in [0.29, 0.717) is 28.5 Å². The lowest BCUT2D eigenvalue weighted by Crippen LogP contribution is -2.51. The van der Waals surface area contributed by atoms with Crippen LogP contribution in [0, 0.1) is 0 Å². The Morgan fingerprint density at radius 3 is 2.26 bits per heavy atom. The van der Waals surface area contributed by atoms with Gasteiger partial charge >= 0.3 is 0 Å². The number of anilines is 1. The molecule has 1 N–H and O–H groups in total. The summed E-state index contributed by atoms with van der Waals surface area (Å²) in [7, 11) is 0.507. The van der Waals surface area contributed by atoms with Crippen LogP contribution in [0.5, 0.6) is 11.5 Å². The molecule has 0 fully saturated rings. The number of nitrogens with one attached hydrogen (secondary N) is 1. The molecule has 0 saturated carbocycles. The van der Waals surface area contributed by atoms with Gasteiger partial charge in [0.25, 0.3) is 0 Å². The maximum atomic E-state index is 13.5. The van der Waals surface area contributed by atoms with Gasteiger partial charge < -0.3 is 19.7 Å². The van der Waals surface area contributed by atoms with Crippen LogP contribution < -0.4 is 19.1 Å². The lowest BCUT2D eigenvalue weighted by molar-refractivity contribution is -0.140. The molecule has 0 aliphatic carbocycles. The second-order valence-electron chi connectivity index (χ2n) is 7.46. The first-order valence-electron chi connectivity index (χ1n) is 10.5. The molecule has 9 nitrogen and oxygen atoms in total. The van der Waals surface area contributed by atoms with Crippen molar-refractivity contribution in [1.29, 1.82) is 0 Å². The van der Waals surface area contributed by atoms with Gasteiger partial charge in [-0.2, -0.15) is 0 Å². The topological polar surface area (TPSA) is 105 Å². The summed E-state index contributed by atoms with van der Waals surface area (Å²) in [6.45, 7) is 1.29. The zero-order valence-electron chi connectivity index (χ0n) is 19.9. The fraction of sp³-hybridized carbons (Fsp3) is 0.391. The molecule has 2 rings (SSSR count). The van der Waals surface area contributed by atoms with E-state index in [1.807, 2.05) is 0 Å². The monoisotopic (exact) mass is 511 g/mol. The number of rotatable bonds is 11. The number of benzene rings is 2. The minimum atomic E-state index is -3.87. The summed E-state index contributed by atoms with van der Waals surface area (Å²) in [4.78, 5) is 27.4. The van der Waals surface area contributed by atoms with Crippen LogP contribution in [0.4, 0.5) is 5.69 Å². The van der Waals surface area contributed by atoms with Gasteiger partial charge in [0.1, 0.15) is 12.6 Å². The average Bonchev–Trinajstić information content (AvgIpc) is 2.81. The minimum absolute atomic E-state index is 0.0357. The van der Waals surface area contributed by atoms with E-state index in [1.54, 1.807) is 37.3 Å².